The quantitative estimate of drug-likeness (QED) is 0.490. The Labute approximate surface area is 189 Å². The Morgan fingerprint density at radius 2 is 1.88 bits per heavy atom. The van der Waals surface area contributed by atoms with Crippen LogP contribution in [-0.2, 0) is 4.79 Å². The van der Waals surface area contributed by atoms with Crippen LogP contribution in [0.15, 0.2) is 54.1 Å². The van der Waals surface area contributed by atoms with Crippen LogP contribution >= 0.6 is 0 Å². The Morgan fingerprint density at radius 1 is 1.16 bits per heavy atom. The van der Waals surface area contributed by atoms with Crippen molar-refractivity contribution in [2.75, 3.05) is 20.2 Å². The van der Waals surface area contributed by atoms with Gasteiger partial charge < -0.3 is 14.4 Å². The number of carbonyl (C=O) groups is 1. The SMILES string of the molecule is COc1ccccc1-c1cc(C#N)cc(OC2CCN(C(=O)/C(C#N)=C/C(C)C)CC2)c1. The molecule has 0 bridgehead atoms. The molecule has 1 aliphatic heterocycles. The average Bonchev–Trinajstić information content (AvgIpc) is 2.82. The highest BCUT2D eigenvalue weighted by Gasteiger charge is 2.26. The lowest BCUT2D eigenvalue weighted by Gasteiger charge is -2.32. The van der Waals surface area contributed by atoms with Gasteiger partial charge in [-0.1, -0.05) is 38.1 Å². The lowest BCUT2D eigenvalue weighted by molar-refractivity contribution is -0.128. The summed E-state index contributed by atoms with van der Waals surface area (Å²) in [6.07, 6.45) is 2.95. The molecule has 1 fully saturated rings. The highest BCUT2D eigenvalue weighted by molar-refractivity contribution is 5.97. The van der Waals surface area contributed by atoms with E-state index in [9.17, 15) is 15.3 Å². The zero-order chi connectivity index (χ0) is 23.1. The molecule has 1 heterocycles. The minimum Gasteiger partial charge on any atom is -0.496 e. The van der Waals surface area contributed by atoms with E-state index in [1.807, 2.05) is 56.3 Å². The molecule has 3 rings (SSSR count). The summed E-state index contributed by atoms with van der Waals surface area (Å²) in [7, 11) is 1.62. The van der Waals surface area contributed by atoms with Gasteiger partial charge in [-0.2, -0.15) is 10.5 Å². The Bertz CT molecular complexity index is 1080. The molecule has 32 heavy (non-hydrogen) atoms. The summed E-state index contributed by atoms with van der Waals surface area (Å²) < 4.78 is 11.7. The van der Waals surface area contributed by atoms with Crippen LogP contribution in [0.3, 0.4) is 0 Å². The van der Waals surface area contributed by atoms with E-state index in [0.717, 1.165) is 16.9 Å². The summed E-state index contributed by atoms with van der Waals surface area (Å²) in [5.41, 5.74) is 2.44. The van der Waals surface area contributed by atoms with E-state index in [1.54, 1.807) is 24.2 Å². The molecule has 0 aromatic heterocycles. The average molecular weight is 430 g/mol. The lowest BCUT2D eigenvalue weighted by atomic mass is 10.0. The van der Waals surface area contributed by atoms with E-state index in [4.69, 9.17) is 9.47 Å². The number of carbonyl (C=O) groups excluding carboxylic acids is 1. The summed E-state index contributed by atoms with van der Waals surface area (Å²) in [5.74, 6) is 1.26. The van der Waals surface area contributed by atoms with Crippen molar-refractivity contribution in [1.29, 1.82) is 10.5 Å². The molecule has 1 amide bonds. The third kappa shape index (κ3) is 5.47. The molecule has 0 atom stereocenters. The zero-order valence-electron chi connectivity index (χ0n) is 18.7. The molecule has 0 N–H and O–H groups in total. The fourth-order valence-corrected chi connectivity index (χ4v) is 3.80. The Morgan fingerprint density at radius 3 is 2.50 bits per heavy atom. The number of para-hydroxylation sites is 1. The molecular weight excluding hydrogens is 402 g/mol. The van der Waals surface area contributed by atoms with Gasteiger partial charge in [0.05, 0.1) is 18.7 Å². The van der Waals surface area contributed by atoms with Crippen molar-refractivity contribution >= 4 is 5.91 Å². The van der Waals surface area contributed by atoms with Gasteiger partial charge in [0.2, 0.25) is 0 Å². The maximum atomic E-state index is 12.6. The summed E-state index contributed by atoms with van der Waals surface area (Å²) in [4.78, 5) is 14.3. The third-order valence-electron chi connectivity index (χ3n) is 5.34. The Kier molecular flexibility index (Phi) is 7.52. The second-order valence-electron chi connectivity index (χ2n) is 8.10. The van der Waals surface area contributed by atoms with E-state index in [-0.39, 0.29) is 23.5 Å². The predicted molar refractivity (Wildman–Crippen MR) is 122 cm³/mol. The van der Waals surface area contributed by atoms with E-state index >= 15 is 0 Å². The van der Waals surface area contributed by atoms with Crippen LogP contribution in [-0.4, -0.2) is 37.1 Å². The second-order valence-corrected chi connectivity index (χ2v) is 8.10. The van der Waals surface area contributed by atoms with Gasteiger partial charge in [0.15, 0.2) is 0 Å². The largest absolute Gasteiger partial charge is 0.496 e. The third-order valence-corrected chi connectivity index (χ3v) is 5.34. The van der Waals surface area contributed by atoms with Crippen LogP contribution in [0.5, 0.6) is 11.5 Å². The van der Waals surface area contributed by atoms with Crippen molar-refractivity contribution < 1.29 is 14.3 Å². The maximum absolute atomic E-state index is 12.6. The molecule has 6 nitrogen and oxygen atoms in total. The van der Waals surface area contributed by atoms with E-state index in [2.05, 4.69) is 6.07 Å². The standard InChI is InChI=1S/C26H27N3O3/c1-18(2)12-21(17-28)26(30)29-10-8-22(9-11-29)32-23-14-19(16-27)13-20(15-23)24-6-4-5-7-25(24)31-3/h4-7,12-15,18,22H,8-11H2,1-3H3/b21-12+. The first-order valence-corrected chi connectivity index (χ1v) is 10.7. The number of benzene rings is 2. The predicted octanol–water partition coefficient (Wildman–Crippen LogP) is 4.71. The van der Waals surface area contributed by atoms with Crippen LogP contribution in [0, 0.1) is 28.6 Å². The molecule has 2 aromatic carbocycles. The fraction of sp³-hybridized carbons (Fsp3) is 0.346. The van der Waals surface area contributed by atoms with E-state index in [0.29, 0.717) is 37.2 Å². The van der Waals surface area contributed by atoms with E-state index in [1.165, 1.54) is 0 Å². The number of likely N-dealkylation sites (tertiary alicyclic amines) is 1. The van der Waals surface area contributed by atoms with Crippen LogP contribution < -0.4 is 9.47 Å². The molecule has 0 aliphatic carbocycles. The summed E-state index contributed by atoms with van der Waals surface area (Å²) in [5, 5.41) is 18.8. The smallest absolute Gasteiger partial charge is 0.264 e. The van der Waals surface area contributed by atoms with Gasteiger partial charge in [0.1, 0.15) is 29.2 Å². The number of hydrogen-bond donors (Lipinski definition) is 0. The van der Waals surface area contributed by atoms with Gasteiger partial charge in [-0.05, 0) is 35.7 Å². The van der Waals surface area contributed by atoms with Crippen LogP contribution in [0.2, 0.25) is 0 Å². The van der Waals surface area contributed by atoms with Crippen molar-refractivity contribution in [3.63, 3.8) is 0 Å². The van der Waals surface area contributed by atoms with Crippen molar-refractivity contribution in [3.8, 4) is 34.8 Å². The van der Waals surface area contributed by atoms with Crippen molar-refractivity contribution in [2.45, 2.75) is 32.8 Å². The Balaban J connectivity index is 1.72. The highest BCUT2D eigenvalue weighted by Crippen LogP contribution is 2.33. The summed E-state index contributed by atoms with van der Waals surface area (Å²) >= 11 is 0. The molecule has 6 heteroatoms. The van der Waals surface area contributed by atoms with Crippen LogP contribution in [0.25, 0.3) is 11.1 Å². The second kappa shape index (κ2) is 10.5. The first-order valence-electron chi connectivity index (χ1n) is 10.7. The van der Waals surface area contributed by atoms with Gasteiger partial charge in [-0.25, -0.2) is 0 Å². The first kappa shape index (κ1) is 22.9. The molecule has 2 aromatic rings. The maximum Gasteiger partial charge on any atom is 0.264 e. The number of rotatable bonds is 6. The molecule has 0 radical (unpaired) electrons. The molecule has 0 unspecified atom stereocenters. The molecule has 1 saturated heterocycles. The number of piperidine rings is 1. The topological polar surface area (TPSA) is 86.3 Å². The highest BCUT2D eigenvalue weighted by atomic mass is 16.5. The lowest BCUT2D eigenvalue weighted by Crippen LogP contribution is -2.42. The normalized spacial score (nSPS) is 14.6. The van der Waals surface area contributed by atoms with E-state index < -0.39 is 0 Å². The molecule has 0 saturated carbocycles. The number of allylic oxidation sites excluding steroid dienone is 1. The van der Waals surface area contributed by atoms with Crippen molar-refractivity contribution in [3.05, 3.63) is 59.7 Å². The van der Waals surface area contributed by atoms with Crippen LogP contribution in [0.1, 0.15) is 32.3 Å². The van der Waals surface area contributed by atoms with Gasteiger partial charge >= 0.3 is 0 Å². The number of amides is 1. The first-order chi connectivity index (χ1) is 15.4. The molecular formula is C26H27N3O3. The van der Waals surface area contributed by atoms with Gasteiger partial charge in [-0.15, -0.1) is 0 Å². The Hall–Kier alpha value is -3.77. The minimum absolute atomic E-state index is 0.0712. The number of nitrogens with zero attached hydrogens (tertiary/aromatic N) is 3. The fourth-order valence-electron chi connectivity index (χ4n) is 3.80. The molecule has 164 valence electrons. The number of ether oxygens (including phenoxy) is 2. The summed E-state index contributed by atoms with van der Waals surface area (Å²) in [6, 6.07) is 17.3. The zero-order valence-corrected chi connectivity index (χ0v) is 18.7. The van der Waals surface area contributed by atoms with Gasteiger partial charge in [0.25, 0.3) is 5.91 Å². The van der Waals surface area contributed by atoms with Gasteiger partial charge in [-0.3, -0.25) is 4.79 Å². The van der Waals surface area contributed by atoms with Crippen LogP contribution in [0.4, 0.5) is 0 Å². The molecule has 1 aliphatic rings. The minimum atomic E-state index is -0.218. The molecule has 0 spiro atoms. The number of nitriles is 2. The van der Waals surface area contributed by atoms with Gasteiger partial charge in [0, 0.05) is 31.5 Å². The van der Waals surface area contributed by atoms with Crippen molar-refractivity contribution in [2.24, 2.45) is 5.92 Å². The summed E-state index contributed by atoms with van der Waals surface area (Å²) in [6.45, 7) is 4.94. The number of methoxy groups -OCH3 is 1. The number of hydrogen-bond acceptors (Lipinski definition) is 5. The monoisotopic (exact) mass is 429 g/mol. The van der Waals surface area contributed by atoms with Crippen molar-refractivity contribution in [1.82, 2.24) is 4.90 Å².